The van der Waals surface area contributed by atoms with Gasteiger partial charge in [-0.25, -0.2) is 4.79 Å². The molecule has 1 heterocycles. The van der Waals surface area contributed by atoms with Gasteiger partial charge in [-0.05, 0) is 66.8 Å². The normalized spacial score (nSPS) is 12.7. The van der Waals surface area contributed by atoms with E-state index in [1.54, 1.807) is 36.4 Å². The molecule has 0 bridgehead atoms. The Kier molecular flexibility index (Phi) is 4.68. The number of carbonyl (C=O) groups excluding carboxylic acids is 1. The molecule has 4 heteroatoms. The number of hydrogen-bond acceptors (Lipinski definition) is 4. The van der Waals surface area contributed by atoms with Crippen molar-refractivity contribution < 1.29 is 13.9 Å². The van der Waals surface area contributed by atoms with Crippen molar-refractivity contribution in [2.75, 3.05) is 0 Å². The van der Waals surface area contributed by atoms with Crippen molar-refractivity contribution in [1.29, 1.82) is 0 Å². The Balaban J connectivity index is 1.37. The maximum absolute atomic E-state index is 12.5. The Morgan fingerprint density at radius 2 is 1.57 bits per heavy atom. The van der Waals surface area contributed by atoms with Gasteiger partial charge in [0.2, 0.25) is 0 Å². The van der Waals surface area contributed by atoms with Crippen LogP contribution in [-0.4, -0.2) is 5.78 Å². The van der Waals surface area contributed by atoms with E-state index in [-0.39, 0.29) is 18.0 Å². The van der Waals surface area contributed by atoms with E-state index in [0.29, 0.717) is 22.5 Å². The van der Waals surface area contributed by atoms with E-state index in [4.69, 9.17) is 9.15 Å². The van der Waals surface area contributed by atoms with Crippen molar-refractivity contribution >= 4 is 16.8 Å². The highest BCUT2D eigenvalue weighted by atomic mass is 16.5. The van der Waals surface area contributed by atoms with Crippen LogP contribution in [0.1, 0.15) is 39.0 Å². The first kappa shape index (κ1) is 18.4. The molecule has 0 N–H and O–H groups in total. The minimum absolute atomic E-state index is 0.0253. The molecule has 0 atom stereocenters. The fourth-order valence-corrected chi connectivity index (χ4v) is 4.03. The maximum Gasteiger partial charge on any atom is 0.336 e. The van der Waals surface area contributed by atoms with E-state index in [1.165, 1.54) is 17.2 Å². The Morgan fingerprint density at radius 3 is 2.33 bits per heavy atom. The van der Waals surface area contributed by atoms with Gasteiger partial charge in [-0.3, -0.25) is 4.79 Å². The van der Waals surface area contributed by atoms with Crippen LogP contribution < -0.4 is 10.4 Å². The summed E-state index contributed by atoms with van der Waals surface area (Å²) in [6.45, 7) is 0.257. The van der Waals surface area contributed by atoms with Gasteiger partial charge < -0.3 is 9.15 Å². The molecule has 0 radical (unpaired) electrons. The molecule has 0 amide bonds. The standard InChI is InChI=1S/C26H20O4/c27-25-15-21(23-13-19-7-4-8-20(19)14-24(23)30-25)16-29-22-11-9-18(10-12-22)26(28)17-5-2-1-3-6-17/h1-3,5-6,9-15H,4,7-8,16H2. The molecule has 1 aliphatic rings. The first-order chi connectivity index (χ1) is 14.7. The average molecular weight is 396 g/mol. The van der Waals surface area contributed by atoms with Crippen LogP contribution in [-0.2, 0) is 19.4 Å². The third-order valence-electron chi connectivity index (χ3n) is 5.59. The van der Waals surface area contributed by atoms with E-state index in [1.807, 2.05) is 24.3 Å². The molecule has 30 heavy (non-hydrogen) atoms. The predicted molar refractivity (Wildman–Crippen MR) is 115 cm³/mol. The summed E-state index contributed by atoms with van der Waals surface area (Å²) in [4.78, 5) is 24.5. The molecule has 4 aromatic rings. The third-order valence-corrected chi connectivity index (χ3v) is 5.59. The Hall–Kier alpha value is -3.66. The molecular weight excluding hydrogens is 376 g/mol. The van der Waals surface area contributed by atoms with Crippen LogP contribution in [0.2, 0.25) is 0 Å². The summed E-state index contributed by atoms with van der Waals surface area (Å²) in [5.74, 6) is 0.616. The molecule has 1 aliphatic carbocycles. The number of aryl methyl sites for hydroxylation is 2. The second-order valence-electron chi connectivity index (χ2n) is 7.57. The average Bonchev–Trinajstić information content (AvgIpc) is 3.24. The Morgan fingerprint density at radius 1 is 0.867 bits per heavy atom. The molecule has 0 saturated carbocycles. The molecular formula is C26H20O4. The molecule has 1 aromatic heterocycles. The molecule has 0 saturated heterocycles. The van der Waals surface area contributed by atoms with Crippen molar-refractivity contribution in [3.63, 3.8) is 0 Å². The fraction of sp³-hybridized carbons (Fsp3) is 0.154. The lowest BCUT2D eigenvalue weighted by molar-refractivity contribution is 0.103. The molecule has 0 unspecified atom stereocenters. The SMILES string of the molecule is O=C(c1ccccc1)c1ccc(OCc2cc(=O)oc3cc4c(cc23)CCC4)cc1. The zero-order valence-electron chi connectivity index (χ0n) is 16.4. The van der Waals surface area contributed by atoms with Gasteiger partial charge >= 0.3 is 5.63 Å². The third kappa shape index (κ3) is 3.52. The number of rotatable bonds is 5. The van der Waals surface area contributed by atoms with Gasteiger partial charge in [0, 0.05) is 28.1 Å². The van der Waals surface area contributed by atoms with E-state index in [2.05, 4.69) is 6.07 Å². The van der Waals surface area contributed by atoms with Crippen LogP contribution in [0.15, 0.2) is 82.0 Å². The lowest BCUT2D eigenvalue weighted by atomic mass is 10.0. The Labute approximate surface area is 173 Å². The number of benzene rings is 3. The van der Waals surface area contributed by atoms with Gasteiger partial charge in [-0.15, -0.1) is 0 Å². The lowest BCUT2D eigenvalue weighted by Gasteiger charge is -2.10. The molecule has 148 valence electrons. The van der Waals surface area contributed by atoms with Gasteiger partial charge in [-0.2, -0.15) is 0 Å². The monoisotopic (exact) mass is 396 g/mol. The fourth-order valence-electron chi connectivity index (χ4n) is 4.03. The molecule has 0 spiro atoms. The summed E-state index contributed by atoms with van der Waals surface area (Å²) >= 11 is 0. The summed E-state index contributed by atoms with van der Waals surface area (Å²) < 4.78 is 11.3. The van der Waals surface area contributed by atoms with Gasteiger partial charge in [0.25, 0.3) is 0 Å². The highest BCUT2D eigenvalue weighted by molar-refractivity contribution is 6.08. The lowest BCUT2D eigenvalue weighted by Crippen LogP contribution is -2.05. The zero-order chi connectivity index (χ0) is 20.5. The van der Waals surface area contributed by atoms with Crippen molar-refractivity contribution in [1.82, 2.24) is 0 Å². The van der Waals surface area contributed by atoms with Crippen molar-refractivity contribution in [3.8, 4) is 5.75 Å². The largest absolute Gasteiger partial charge is 0.489 e. The van der Waals surface area contributed by atoms with Gasteiger partial charge in [0.05, 0.1) is 0 Å². The summed E-state index contributed by atoms with van der Waals surface area (Å²) in [5.41, 5.74) is 4.90. The minimum Gasteiger partial charge on any atom is -0.489 e. The highest BCUT2D eigenvalue weighted by Crippen LogP contribution is 2.29. The predicted octanol–water partition coefficient (Wildman–Crippen LogP) is 5.09. The second-order valence-corrected chi connectivity index (χ2v) is 7.57. The van der Waals surface area contributed by atoms with Gasteiger partial charge in [0.15, 0.2) is 5.78 Å². The van der Waals surface area contributed by atoms with Crippen molar-refractivity contribution in [3.05, 3.63) is 111 Å². The summed E-state index contributed by atoms with van der Waals surface area (Å²) in [6.07, 6.45) is 3.22. The molecule has 0 fully saturated rings. The number of hydrogen-bond donors (Lipinski definition) is 0. The molecule has 3 aromatic carbocycles. The van der Waals surface area contributed by atoms with Crippen LogP contribution in [0, 0.1) is 0 Å². The number of ether oxygens (including phenoxy) is 1. The first-order valence-electron chi connectivity index (χ1n) is 10.1. The number of carbonyl (C=O) groups is 1. The van der Waals surface area contributed by atoms with Crippen molar-refractivity contribution in [2.45, 2.75) is 25.9 Å². The summed E-state index contributed by atoms with van der Waals surface area (Å²) in [7, 11) is 0. The second kappa shape index (κ2) is 7.64. The van der Waals surface area contributed by atoms with E-state index in [9.17, 15) is 9.59 Å². The first-order valence-corrected chi connectivity index (χ1v) is 10.1. The quantitative estimate of drug-likeness (QED) is 0.348. The highest BCUT2D eigenvalue weighted by Gasteiger charge is 2.15. The molecule has 4 nitrogen and oxygen atoms in total. The van der Waals surface area contributed by atoms with E-state index < -0.39 is 0 Å². The van der Waals surface area contributed by atoms with Crippen LogP contribution in [0.4, 0.5) is 0 Å². The van der Waals surface area contributed by atoms with Gasteiger partial charge in [0.1, 0.15) is 17.9 Å². The smallest absolute Gasteiger partial charge is 0.336 e. The van der Waals surface area contributed by atoms with Crippen LogP contribution in [0.5, 0.6) is 5.75 Å². The molecule has 5 rings (SSSR count). The minimum atomic E-state index is -0.372. The van der Waals surface area contributed by atoms with E-state index in [0.717, 1.165) is 30.2 Å². The molecule has 0 aliphatic heterocycles. The summed E-state index contributed by atoms with van der Waals surface area (Å²) in [5, 5.41) is 0.922. The number of ketones is 1. The Bertz CT molecular complexity index is 1280. The van der Waals surface area contributed by atoms with Gasteiger partial charge in [-0.1, -0.05) is 30.3 Å². The van der Waals surface area contributed by atoms with Crippen LogP contribution in [0.3, 0.4) is 0 Å². The topological polar surface area (TPSA) is 56.5 Å². The zero-order valence-corrected chi connectivity index (χ0v) is 16.4. The van der Waals surface area contributed by atoms with Crippen LogP contribution >= 0.6 is 0 Å². The van der Waals surface area contributed by atoms with Crippen molar-refractivity contribution in [2.24, 2.45) is 0 Å². The maximum atomic E-state index is 12.5. The summed E-state index contributed by atoms with van der Waals surface area (Å²) in [6, 6.07) is 21.9. The van der Waals surface area contributed by atoms with Crippen LogP contribution in [0.25, 0.3) is 11.0 Å². The van der Waals surface area contributed by atoms with E-state index >= 15 is 0 Å². The number of fused-ring (bicyclic) bond motifs is 2.